The van der Waals surface area contributed by atoms with Gasteiger partial charge in [-0.25, -0.2) is 4.98 Å². The molecule has 0 radical (unpaired) electrons. The number of aromatic nitrogens is 1. The third-order valence-corrected chi connectivity index (χ3v) is 4.03. The molecule has 0 amide bonds. The maximum Gasteiger partial charge on any atom is 0.129 e. The Kier molecular flexibility index (Phi) is 4.30. The van der Waals surface area contributed by atoms with Crippen LogP contribution >= 0.6 is 11.6 Å². The zero-order valence-corrected chi connectivity index (χ0v) is 12.9. The van der Waals surface area contributed by atoms with E-state index < -0.39 is 0 Å². The quantitative estimate of drug-likeness (QED) is 0.807. The number of para-hydroxylation sites is 1. The fraction of sp³-hybridized carbons (Fsp3) is 0.353. The van der Waals surface area contributed by atoms with Crippen molar-refractivity contribution in [1.82, 2.24) is 4.98 Å². The van der Waals surface area contributed by atoms with Gasteiger partial charge in [-0.1, -0.05) is 25.1 Å². The fourth-order valence-electron chi connectivity index (χ4n) is 2.57. The molecule has 21 heavy (non-hydrogen) atoms. The van der Waals surface area contributed by atoms with Gasteiger partial charge >= 0.3 is 0 Å². The number of pyridine rings is 1. The highest BCUT2D eigenvalue weighted by Gasteiger charge is 2.17. The van der Waals surface area contributed by atoms with Gasteiger partial charge in [0.25, 0.3) is 0 Å². The van der Waals surface area contributed by atoms with Gasteiger partial charge in [0.05, 0.1) is 6.54 Å². The molecule has 0 atom stereocenters. The number of alkyl halides is 1. The molecule has 0 saturated heterocycles. The Bertz CT molecular complexity index is 608. The molecule has 0 unspecified atom stereocenters. The maximum atomic E-state index is 6.01. The summed E-state index contributed by atoms with van der Waals surface area (Å²) in [6.45, 7) is 4.44. The van der Waals surface area contributed by atoms with Crippen LogP contribution < -0.4 is 9.64 Å². The second-order valence-electron chi connectivity index (χ2n) is 5.19. The summed E-state index contributed by atoms with van der Waals surface area (Å²) in [6, 6.07) is 12.4. The zero-order chi connectivity index (χ0) is 14.7. The molecular formula is C17H19ClN2O. The van der Waals surface area contributed by atoms with E-state index in [-0.39, 0.29) is 0 Å². The Morgan fingerprint density at radius 3 is 2.95 bits per heavy atom. The molecule has 4 heteroatoms. The topological polar surface area (TPSA) is 25.4 Å². The van der Waals surface area contributed by atoms with Gasteiger partial charge in [0.2, 0.25) is 0 Å². The molecule has 3 rings (SSSR count). The van der Waals surface area contributed by atoms with Gasteiger partial charge in [-0.3, -0.25) is 0 Å². The summed E-state index contributed by atoms with van der Waals surface area (Å²) >= 11 is 6.01. The lowest BCUT2D eigenvalue weighted by Gasteiger charge is -2.22. The summed E-state index contributed by atoms with van der Waals surface area (Å²) < 4.78 is 5.82. The summed E-state index contributed by atoms with van der Waals surface area (Å²) in [5.41, 5.74) is 3.41. The minimum atomic E-state index is 0.517. The number of ether oxygens (including phenoxy) is 1. The molecule has 0 bridgehead atoms. The number of hydrogen-bond donors (Lipinski definition) is 0. The first-order chi connectivity index (χ1) is 10.3. The second kappa shape index (κ2) is 6.35. The maximum absolute atomic E-state index is 6.01. The van der Waals surface area contributed by atoms with Gasteiger partial charge in [0, 0.05) is 23.7 Å². The first-order valence-corrected chi connectivity index (χ1v) is 7.85. The van der Waals surface area contributed by atoms with E-state index in [1.54, 1.807) is 0 Å². The first-order valence-electron chi connectivity index (χ1n) is 7.31. The van der Waals surface area contributed by atoms with Crippen molar-refractivity contribution in [2.45, 2.75) is 25.8 Å². The van der Waals surface area contributed by atoms with Crippen LogP contribution in [0.25, 0.3) is 0 Å². The van der Waals surface area contributed by atoms with Gasteiger partial charge in [0.1, 0.15) is 18.2 Å². The van der Waals surface area contributed by atoms with Crippen LogP contribution in [0.4, 0.5) is 5.82 Å². The van der Waals surface area contributed by atoms with Crippen molar-refractivity contribution in [3.8, 4) is 5.75 Å². The SMILES string of the molecule is CCc1cc(CCl)cc(N2CCOc3ccccc3C2)n1. The molecule has 1 aliphatic heterocycles. The van der Waals surface area contributed by atoms with Gasteiger partial charge in [-0.15, -0.1) is 11.6 Å². The highest BCUT2D eigenvalue weighted by molar-refractivity contribution is 6.17. The van der Waals surface area contributed by atoms with Crippen molar-refractivity contribution in [1.29, 1.82) is 0 Å². The van der Waals surface area contributed by atoms with Crippen molar-refractivity contribution in [2.75, 3.05) is 18.1 Å². The van der Waals surface area contributed by atoms with E-state index in [9.17, 15) is 0 Å². The van der Waals surface area contributed by atoms with E-state index in [0.29, 0.717) is 12.5 Å². The number of nitrogens with zero attached hydrogens (tertiary/aromatic N) is 2. The molecule has 0 fully saturated rings. The highest BCUT2D eigenvalue weighted by Crippen LogP contribution is 2.26. The van der Waals surface area contributed by atoms with Gasteiger partial charge in [-0.2, -0.15) is 0 Å². The summed E-state index contributed by atoms with van der Waals surface area (Å²) in [4.78, 5) is 7.01. The van der Waals surface area contributed by atoms with Crippen LogP contribution in [0.2, 0.25) is 0 Å². The lowest BCUT2D eigenvalue weighted by Crippen LogP contribution is -2.26. The standard InChI is InChI=1S/C17H19ClN2O/c1-2-15-9-13(11-18)10-17(19-15)20-7-8-21-16-6-4-3-5-14(16)12-20/h3-6,9-10H,2,7-8,11-12H2,1H3. The molecule has 2 heterocycles. The van der Waals surface area contributed by atoms with Crippen LogP contribution in [0.5, 0.6) is 5.75 Å². The number of halogens is 1. The van der Waals surface area contributed by atoms with Crippen molar-refractivity contribution in [2.24, 2.45) is 0 Å². The second-order valence-corrected chi connectivity index (χ2v) is 5.46. The fourth-order valence-corrected chi connectivity index (χ4v) is 2.73. The third kappa shape index (κ3) is 3.13. The normalized spacial score (nSPS) is 14.3. The average Bonchev–Trinajstić information content (AvgIpc) is 2.76. The zero-order valence-electron chi connectivity index (χ0n) is 12.2. The minimum absolute atomic E-state index is 0.517. The molecule has 0 saturated carbocycles. The van der Waals surface area contributed by atoms with E-state index in [4.69, 9.17) is 21.3 Å². The lowest BCUT2D eigenvalue weighted by atomic mass is 10.1. The van der Waals surface area contributed by atoms with E-state index in [2.05, 4.69) is 30.0 Å². The molecule has 0 spiro atoms. The summed E-state index contributed by atoms with van der Waals surface area (Å²) in [6.07, 6.45) is 0.915. The van der Waals surface area contributed by atoms with Gasteiger partial charge in [0.15, 0.2) is 0 Å². The van der Waals surface area contributed by atoms with Crippen molar-refractivity contribution >= 4 is 17.4 Å². The number of hydrogen-bond acceptors (Lipinski definition) is 3. The van der Waals surface area contributed by atoms with Crippen LogP contribution in [0.15, 0.2) is 36.4 Å². The van der Waals surface area contributed by atoms with Crippen LogP contribution in [0.3, 0.4) is 0 Å². The first kappa shape index (κ1) is 14.2. The molecular weight excluding hydrogens is 284 g/mol. The lowest BCUT2D eigenvalue weighted by molar-refractivity contribution is 0.331. The van der Waals surface area contributed by atoms with E-state index in [1.807, 2.05) is 18.2 Å². The Balaban J connectivity index is 1.93. The molecule has 110 valence electrons. The average molecular weight is 303 g/mol. The molecule has 1 aromatic heterocycles. The highest BCUT2D eigenvalue weighted by atomic mass is 35.5. The van der Waals surface area contributed by atoms with Gasteiger partial charge < -0.3 is 9.64 Å². The predicted octanol–water partition coefficient (Wildman–Crippen LogP) is 3.78. The molecule has 3 nitrogen and oxygen atoms in total. The van der Waals surface area contributed by atoms with Crippen LogP contribution in [-0.4, -0.2) is 18.1 Å². The van der Waals surface area contributed by atoms with E-state index in [0.717, 1.165) is 42.3 Å². The third-order valence-electron chi connectivity index (χ3n) is 3.72. The Hall–Kier alpha value is -1.74. The van der Waals surface area contributed by atoms with Crippen LogP contribution in [-0.2, 0) is 18.8 Å². The van der Waals surface area contributed by atoms with Crippen LogP contribution in [0.1, 0.15) is 23.7 Å². The van der Waals surface area contributed by atoms with Crippen molar-refractivity contribution in [3.05, 3.63) is 53.2 Å². The van der Waals surface area contributed by atoms with Crippen molar-refractivity contribution < 1.29 is 4.74 Å². The van der Waals surface area contributed by atoms with Crippen molar-refractivity contribution in [3.63, 3.8) is 0 Å². The molecule has 0 N–H and O–H groups in total. The Labute approximate surface area is 130 Å². The molecule has 2 aromatic rings. The number of fused-ring (bicyclic) bond motifs is 1. The Morgan fingerprint density at radius 2 is 2.14 bits per heavy atom. The van der Waals surface area contributed by atoms with Gasteiger partial charge in [-0.05, 0) is 30.2 Å². The monoisotopic (exact) mass is 302 g/mol. The molecule has 0 aliphatic carbocycles. The summed E-state index contributed by atoms with van der Waals surface area (Å²) in [7, 11) is 0. The number of benzene rings is 1. The van der Waals surface area contributed by atoms with E-state index in [1.165, 1.54) is 5.56 Å². The summed E-state index contributed by atoms with van der Waals surface area (Å²) in [5, 5.41) is 0. The minimum Gasteiger partial charge on any atom is -0.491 e. The number of anilines is 1. The van der Waals surface area contributed by atoms with E-state index >= 15 is 0 Å². The van der Waals surface area contributed by atoms with Crippen LogP contribution in [0, 0.1) is 0 Å². The largest absolute Gasteiger partial charge is 0.491 e. The smallest absolute Gasteiger partial charge is 0.129 e. The number of rotatable bonds is 3. The molecule has 1 aliphatic rings. The summed E-state index contributed by atoms with van der Waals surface area (Å²) in [5.74, 6) is 2.48. The number of aryl methyl sites for hydroxylation is 1. The molecule has 1 aromatic carbocycles. The Morgan fingerprint density at radius 1 is 1.29 bits per heavy atom. The predicted molar refractivity (Wildman–Crippen MR) is 86.2 cm³/mol.